The monoisotopic (exact) mass is 203 g/mol. The van der Waals surface area contributed by atoms with E-state index < -0.39 is 5.97 Å². The number of carboxylic acid groups (broad SMARTS) is 1. The average molecular weight is 203 g/mol. The molecule has 0 aromatic carbocycles. The number of hydrogen-bond acceptors (Lipinski definition) is 1. The Kier molecular flexibility index (Phi) is 2.74. The molecule has 0 spiro atoms. The second-order valence-electron chi connectivity index (χ2n) is 5.50. The van der Waals surface area contributed by atoms with Gasteiger partial charge in [-0.25, -0.2) is 0 Å². The van der Waals surface area contributed by atoms with Gasteiger partial charge in [-0.3, -0.25) is 4.79 Å². The number of carbonyl (C=O) groups is 1. The van der Waals surface area contributed by atoms with E-state index in [0.29, 0.717) is 0 Å². The van der Waals surface area contributed by atoms with Crippen molar-refractivity contribution in [1.29, 1.82) is 0 Å². The van der Waals surface area contributed by atoms with Crippen LogP contribution >= 0.6 is 0 Å². The standard InChI is InChI=1S/C11H16O2.Na/c12-10(13)11-4-7-1-8(5-11)3-9(2-7)6-11;/h7-9H,1-6H2,(H,12,13);. The molecule has 73 valence electrons. The van der Waals surface area contributed by atoms with Gasteiger partial charge in [0.15, 0.2) is 0 Å². The fraction of sp³-hybridized carbons (Fsp3) is 0.909. The normalized spacial score (nSPS) is 48.7. The summed E-state index contributed by atoms with van der Waals surface area (Å²) >= 11 is 0. The van der Waals surface area contributed by atoms with E-state index in [2.05, 4.69) is 0 Å². The predicted molar refractivity (Wildman–Crippen MR) is 54.0 cm³/mol. The Morgan fingerprint density at radius 3 is 1.64 bits per heavy atom. The first-order valence-electron chi connectivity index (χ1n) is 5.41. The van der Waals surface area contributed by atoms with Gasteiger partial charge in [-0.1, -0.05) is 0 Å². The molecular weight excluding hydrogens is 187 g/mol. The summed E-state index contributed by atoms with van der Waals surface area (Å²) in [6, 6.07) is 0. The van der Waals surface area contributed by atoms with Crippen LogP contribution in [0, 0.1) is 23.2 Å². The molecule has 1 radical (unpaired) electrons. The number of carboxylic acids is 1. The zero-order valence-electron chi connectivity index (χ0n) is 8.83. The second-order valence-corrected chi connectivity index (χ2v) is 5.50. The van der Waals surface area contributed by atoms with Crippen molar-refractivity contribution in [3.63, 3.8) is 0 Å². The molecule has 3 heteroatoms. The molecule has 0 atom stereocenters. The molecule has 4 aliphatic rings. The first-order chi connectivity index (χ1) is 6.18. The van der Waals surface area contributed by atoms with Crippen LogP contribution in [0.5, 0.6) is 0 Å². The van der Waals surface area contributed by atoms with Crippen LogP contribution in [0.25, 0.3) is 0 Å². The summed E-state index contributed by atoms with van der Waals surface area (Å²) in [7, 11) is 0. The third-order valence-corrected chi connectivity index (χ3v) is 4.49. The van der Waals surface area contributed by atoms with E-state index in [-0.39, 0.29) is 35.0 Å². The molecule has 4 fully saturated rings. The molecule has 0 heterocycles. The summed E-state index contributed by atoms with van der Waals surface area (Å²) in [6.07, 6.45) is 6.92. The molecular formula is C11H16NaO2. The van der Waals surface area contributed by atoms with Crippen molar-refractivity contribution in [2.24, 2.45) is 23.2 Å². The molecule has 0 unspecified atom stereocenters. The third-order valence-electron chi connectivity index (χ3n) is 4.49. The topological polar surface area (TPSA) is 37.3 Å². The van der Waals surface area contributed by atoms with E-state index in [1.807, 2.05) is 0 Å². The van der Waals surface area contributed by atoms with Gasteiger partial charge in [0.1, 0.15) is 0 Å². The molecule has 14 heavy (non-hydrogen) atoms. The molecule has 2 nitrogen and oxygen atoms in total. The van der Waals surface area contributed by atoms with E-state index in [1.165, 1.54) is 19.3 Å². The van der Waals surface area contributed by atoms with Crippen LogP contribution in [0.1, 0.15) is 38.5 Å². The van der Waals surface area contributed by atoms with Crippen LogP contribution in [-0.2, 0) is 4.79 Å². The largest absolute Gasteiger partial charge is 0.481 e. The van der Waals surface area contributed by atoms with Gasteiger partial charge < -0.3 is 5.11 Å². The minimum absolute atomic E-state index is 0. The van der Waals surface area contributed by atoms with Gasteiger partial charge in [0.05, 0.1) is 5.41 Å². The third kappa shape index (κ3) is 1.46. The van der Waals surface area contributed by atoms with Gasteiger partial charge in [0.25, 0.3) is 0 Å². The first-order valence-corrected chi connectivity index (χ1v) is 5.41. The maximum absolute atomic E-state index is 11.3. The van der Waals surface area contributed by atoms with Crippen molar-refractivity contribution in [3.8, 4) is 0 Å². The van der Waals surface area contributed by atoms with Gasteiger partial charge in [0, 0.05) is 29.6 Å². The summed E-state index contributed by atoms with van der Waals surface area (Å²) in [4.78, 5) is 11.3. The fourth-order valence-electron chi connectivity index (χ4n) is 4.37. The number of hydrogen-bond donors (Lipinski definition) is 1. The van der Waals surface area contributed by atoms with Gasteiger partial charge in [-0.2, -0.15) is 0 Å². The zero-order chi connectivity index (χ0) is 9.05. The van der Waals surface area contributed by atoms with Crippen LogP contribution in [0.2, 0.25) is 0 Å². The maximum atomic E-state index is 11.3. The molecule has 1 N–H and O–H groups in total. The Morgan fingerprint density at radius 2 is 1.36 bits per heavy atom. The molecule has 4 saturated carbocycles. The predicted octanol–water partition coefficient (Wildman–Crippen LogP) is 1.91. The van der Waals surface area contributed by atoms with Crippen molar-refractivity contribution in [3.05, 3.63) is 0 Å². The van der Waals surface area contributed by atoms with Crippen molar-refractivity contribution >= 4 is 35.5 Å². The number of rotatable bonds is 1. The molecule has 0 amide bonds. The average Bonchev–Trinajstić information content (AvgIpc) is 2.00. The van der Waals surface area contributed by atoms with E-state index >= 15 is 0 Å². The molecule has 0 aromatic rings. The van der Waals surface area contributed by atoms with Crippen LogP contribution in [0.3, 0.4) is 0 Å². The van der Waals surface area contributed by atoms with E-state index in [1.54, 1.807) is 0 Å². The van der Waals surface area contributed by atoms with Gasteiger partial charge in [0.2, 0.25) is 0 Å². The van der Waals surface area contributed by atoms with Crippen molar-refractivity contribution in [2.75, 3.05) is 0 Å². The zero-order valence-corrected chi connectivity index (χ0v) is 10.8. The quantitative estimate of drug-likeness (QED) is 0.661. The van der Waals surface area contributed by atoms with Crippen molar-refractivity contribution in [2.45, 2.75) is 38.5 Å². The Labute approximate surface area is 107 Å². The van der Waals surface area contributed by atoms with E-state index in [0.717, 1.165) is 37.0 Å². The minimum atomic E-state index is -0.508. The van der Waals surface area contributed by atoms with E-state index in [9.17, 15) is 9.90 Å². The second kappa shape index (κ2) is 3.50. The Morgan fingerprint density at radius 1 is 1.00 bits per heavy atom. The van der Waals surface area contributed by atoms with Crippen LogP contribution in [0.4, 0.5) is 0 Å². The Hall–Kier alpha value is 0.470. The van der Waals surface area contributed by atoms with Crippen molar-refractivity contribution < 1.29 is 9.90 Å². The summed E-state index contributed by atoms with van der Waals surface area (Å²) < 4.78 is 0. The van der Waals surface area contributed by atoms with Gasteiger partial charge >= 0.3 is 5.97 Å². The van der Waals surface area contributed by atoms with Crippen molar-refractivity contribution in [1.82, 2.24) is 0 Å². The molecule has 4 rings (SSSR count). The molecule has 0 aromatic heterocycles. The Bertz CT molecular complexity index is 227. The summed E-state index contributed by atoms with van der Waals surface area (Å²) in [6.45, 7) is 0. The van der Waals surface area contributed by atoms with Gasteiger partial charge in [-0.05, 0) is 56.3 Å². The first kappa shape index (κ1) is 11.0. The molecule has 4 bridgehead atoms. The van der Waals surface area contributed by atoms with Crippen LogP contribution in [-0.4, -0.2) is 40.6 Å². The van der Waals surface area contributed by atoms with Gasteiger partial charge in [-0.15, -0.1) is 0 Å². The summed E-state index contributed by atoms with van der Waals surface area (Å²) in [5.74, 6) is 1.75. The Balaban J connectivity index is 0.000000750. The number of aliphatic carboxylic acids is 1. The minimum Gasteiger partial charge on any atom is -0.481 e. The maximum Gasteiger partial charge on any atom is 0.309 e. The smallest absolute Gasteiger partial charge is 0.309 e. The molecule has 0 saturated heterocycles. The SMILES string of the molecule is O=C(O)C12CC3CC(CC(C3)C1)C2.[Na]. The summed E-state index contributed by atoms with van der Waals surface area (Å²) in [5.41, 5.74) is -0.283. The van der Waals surface area contributed by atoms with Crippen LogP contribution < -0.4 is 0 Å². The van der Waals surface area contributed by atoms with Crippen LogP contribution in [0.15, 0.2) is 0 Å². The molecule has 0 aliphatic heterocycles. The van der Waals surface area contributed by atoms with E-state index in [4.69, 9.17) is 0 Å². The fourth-order valence-corrected chi connectivity index (χ4v) is 4.37. The molecule has 4 aliphatic carbocycles. The summed E-state index contributed by atoms with van der Waals surface area (Å²) in [5, 5.41) is 9.28.